The van der Waals surface area contributed by atoms with E-state index in [2.05, 4.69) is 9.47 Å². The zero-order chi connectivity index (χ0) is 22.1. The average molecular weight is 441 g/mol. The van der Waals surface area contributed by atoms with Gasteiger partial charge in [-0.25, -0.2) is 4.79 Å². The van der Waals surface area contributed by atoms with Gasteiger partial charge in [-0.05, 0) is 63.6 Å². The SMILES string of the molecule is O=C(OCC1CCN(C2CCCC(C(=O)O)C2)CC1)c1c2n(c3ccccc13)CCCO2. The number of aryl methyl sites for hydroxylation is 1. The minimum Gasteiger partial charge on any atom is -0.481 e. The molecule has 1 N–H and O–H groups in total. The topological polar surface area (TPSA) is 81.0 Å². The van der Waals surface area contributed by atoms with Crippen LogP contribution >= 0.6 is 0 Å². The molecule has 1 aromatic heterocycles. The summed E-state index contributed by atoms with van der Waals surface area (Å²) in [6, 6.07) is 8.30. The van der Waals surface area contributed by atoms with Gasteiger partial charge in [-0.2, -0.15) is 0 Å². The number of hydrogen-bond acceptors (Lipinski definition) is 5. The minimum absolute atomic E-state index is 0.196. The van der Waals surface area contributed by atoms with Crippen LogP contribution in [0.1, 0.15) is 55.3 Å². The van der Waals surface area contributed by atoms with Gasteiger partial charge < -0.3 is 24.0 Å². The molecule has 5 rings (SSSR count). The summed E-state index contributed by atoms with van der Waals surface area (Å²) in [6.45, 7) is 3.80. The molecule has 172 valence electrons. The maximum Gasteiger partial charge on any atom is 0.344 e. The van der Waals surface area contributed by atoms with Crippen LogP contribution in [0.5, 0.6) is 5.88 Å². The standard InChI is InChI=1S/C25H32N2O5/c28-24(29)18-5-3-6-19(15-18)26-12-9-17(10-13-26)16-32-25(30)22-20-7-1-2-8-21(20)27-11-4-14-31-23(22)27/h1-2,7-8,17-19H,3-6,9-16H2,(H,28,29). The number of aromatic nitrogens is 1. The van der Waals surface area contributed by atoms with Crippen molar-refractivity contribution in [2.75, 3.05) is 26.3 Å². The molecule has 0 bridgehead atoms. The van der Waals surface area contributed by atoms with Crippen LogP contribution in [-0.4, -0.2) is 58.9 Å². The highest BCUT2D eigenvalue weighted by atomic mass is 16.5. The van der Waals surface area contributed by atoms with Crippen molar-refractivity contribution >= 4 is 22.8 Å². The normalized spacial score (nSPS) is 24.6. The van der Waals surface area contributed by atoms with Crippen LogP contribution in [0.4, 0.5) is 0 Å². The first-order valence-corrected chi connectivity index (χ1v) is 12.0. The van der Waals surface area contributed by atoms with Gasteiger partial charge in [0.1, 0.15) is 5.56 Å². The van der Waals surface area contributed by atoms with Crippen molar-refractivity contribution in [2.24, 2.45) is 11.8 Å². The van der Waals surface area contributed by atoms with E-state index in [0.717, 1.165) is 75.5 Å². The fourth-order valence-corrected chi connectivity index (χ4v) is 5.71. The lowest BCUT2D eigenvalue weighted by Crippen LogP contribution is -2.45. The monoisotopic (exact) mass is 440 g/mol. The molecule has 0 amide bonds. The fraction of sp³-hybridized carbons (Fsp3) is 0.600. The molecule has 2 atom stereocenters. The number of carboxylic acids is 1. The highest BCUT2D eigenvalue weighted by Gasteiger charge is 2.33. The Morgan fingerprint density at radius 2 is 1.88 bits per heavy atom. The molecule has 1 saturated heterocycles. The molecule has 2 fully saturated rings. The van der Waals surface area contributed by atoms with Gasteiger partial charge in [0.25, 0.3) is 0 Å². The van der Waals surface area contributed by atoms with Crippen molar-refractivity contribution in [3.05, 3.63) is 29.8 Å². The van der Waals surface area contributed by atoms with Crippen molar-refractivity contribution in [3.63, 3.8) is 0 Å². The summed E-state index contributed by atoms with van der Waals surface area (Å²) in [7, 11) is 0. The molecule has 2 aliphatic heterocycles. The number of fused-ring (bicyclic) bond motifs is 3. The number of benzene rings is 1. The third kappa shape index (κ3) is 4.10. The van der Waals surface area contributed by atoms with E-state index in [-0.39, 0.29) is 11.9 Å². The molecular formula is C25H32N2O5. The average Bonchev–Trinajstić information content (AvgIpc) is 3.17. The molecule has 3 aliphatic rings. The number of rotatable bonds is 5. The molecule has 32 heavy (non-hydrogen) atoms. The largest absolute Gasteiger partial charge is 0.481 e. The van der Waals surface area contributed by atoms with Crippen molar-refractivity contribution in [1.82, 2.24) is 9.47 Å². The number of para-hydroxylation sites is 1. The summed E-state index contributed by atoms with van der Waals surface area (Å²) in [5, 5.41) is 10.3. The first-order chi connectivity index (χ1) is 15.6. The zero-order valence-electron chi connectivity index (χ0n) is 18.5. The van der Waals surface area contributed by atoms with E-state index in [4.69, 9.17) is 9.47 Å². The molecule has 2 unspecified atom stereocenters. The van der Waals surface area contributed by atoms with Crippen LogP contribution in [0.25, 0.3) is 10.9 Å². The Morgan fingerprint density at radius 3 is 2.69 bits per heavy atom. The quantitative estimate of drug-likeness (QED) is 0.710. The van der Waals surface area contributed by atoms with Crippen molar-refractivity contribution in [1.29, 1.82) is 0 Å². The molecule has 0 spiro atoms. The van der Waals surface area contributed by atoms with Crippen molar-refractivity contribution in [3.8, 4) is 5.88 Å². The van der Waals surface area contributed by atoms with Crippen LogP contribution in [-0.2, 0) is 16.1 Å². The summed E-state index contributed by atoms with van der Waals surface area (Å²) in [6.07, 6.45) is 6.56. The highest BCUT2D eigenvalue weighted by Crippen LogP contribution is 2.35. The predicted octanol–water partition coefficient (Wildman–Crippen LogP) is 3.94. The summed E-state index contributed by atoms with van der Waals surface area (Å²) in [4.78, 5) is 26.9. The van der Waals surface area contributed by atoms with E-state index in [1.54, 1.807) is 0 Å². The number of nitrogens with zero attached hydrogens (tertiary/aromatic N) is 2. The number of carbonyl (C=O) groups is 2. The second kappa shape index (κ2) is 9.14. The molecule has 3 heterocycles. The van der Waals surface area contributed by atoms with Gasteiger partial charge in [0.15, 0.2) is 0 Å². The molecule has 1 saturated carbocycles. The number of likely N-dealkylation sites (tertiary alicyclic amines) is 1. The third-order valence-corrected chi connectivity index (χ3v) is 7.50. The molecule has 1 aliphatic carbocycles. The molecule has 7 heteroatoms. The fourth-order valence-electron chi connectivity index (χ4n) is 5.71. The van der Waals surface area contributed by atoms with Crippen molar-refractivity contribution < 1.29 is 24.2 Å². The van der Waals surface area contributed by atoms with Gasteiger partial charge in [0.05, 0.1) is 24.6 Å². The third-order valence-electron chi connectivity index (χ3n) is 7.50. The smallest absolute Gasteiger partial charge is 0.344 e. The number of esters is 1. The molecule has 0 radical (unpaired) electrons. The van der Waals surface area contributed by atoms with Crippen LogP contribution < -0.4 is 4.74 Å². The second-order valence-electron chi connectivity index (χ2n) is 9.48. The minimum atomic E-state index is -0.652. The van der Waals surface area contributed by atoms with Gasteiger partial charge >= 0.3 is 11.9 Å². The van der Waals surface area contributed by atoms with Gasteiger partial charge in [-0.1, -0.05) is 24.6 Å². The van der Waals surface area contributed by atoms with Crippen LogP contribution in [0.15, 0.2) is 24.3 Å². The van der Waals surface area contributed by atoms with E-state index in [1.165, 1.54) is 0 Å². The lowest BCUT2D eigenvalue weighted by molar-refractivity contribution is -0.143. The maximum absolute atomic E-state index is 13.1. The first-order valence-electron chi connectivity index (χ1n) is 12.0. The number of piperidine rings is 1. The highest BCUT2D eigenvalue weighted by molar-refractivity contribution is 6.07. The lowest BCUT2D eigenvalue weighted by atomic mass is 9.83. The zero-order valence-corrected chi connectivity index (χ0v) is 18.5. The summed E-state index contributed by atoms with van der Waals surface area (Å²) in [5.74, 6) is -0.156. The number of hydrogen-bond donors (Lipinski definition) is 1. The Morgan fingerprint density at radius 1 is 1.06 bits per heavy atom. The van der Waals surface area contributed by atoms with Gasteiger partial charge in [-0.15, -0.1) is 0 Å². The van der Waals surface area contributed by atoms with E-state index in [9.17, 15) is 14.7 Å². The number of ether oxygens (including phenoxy) is 2. The molecular weight excluding hydrogens is 408 g/mol. The lowest BCUT2D eigenvalue weighted by Gasteiger charge is -2.40. The summed E-state index contributed by atoms with van der Waals surface area (Å²) in [5.41, 5.74) is 1.58. The van der Waals surface area contributed by atoms with Crippen LogP contribution in [0, 0.1) is 11.8 Å². The summed E-state index contributed by atoms with van der Waals surface area (Å²) >= 11 is 0. The molecule has 1 aromatic carbocycles. The number of aliphatic carboxylic acids is 1. The Labute approximate surface area is 188 Å². The maximum atomic E-state index is 13.1. The van der Waals surface area contributed by atoms with Crippen molar-refractivity contribution in [2.45, 2.75) is 57.5 Å². The summed E-state index contributed by atoms with van der Waals surface area (Å²) < 4.78 is 13.8. The van der Waals surface area contributed by atoms with Gasteiger partial charge in [0, 0.05) is 18.0 Å². The van der Waals surface area contributed by atoms with E-state index >= 15 is 0 Å². The van der Waals surface area contributed by atoms with Gasteiger partial charge in [-0.3, -0.25) is 4.79 Å². The van der Waals surface area contributed by atoms with Crippen LogP contribution in [0.3, 0.4) is 0 Å². The Kier molecular flexibility index (Phi) is 6.09. The van der Waals surface area contributed by atoms with E-state index < -0.39 is 5.97 Å². The van der Waals surface area contributed by atoms with Gasteiger partial charge in [0.2, 0.25) is 5.88 Å². The molecule has 2 aromatic rings. The van der Waals surface area contributed by atoms with E-state index in [1.807, 2.05) is 24.3 Å². The second-order valence-corrected chi connectivity index (χ2v) is 9.48. The number of carbonyl (C=O) groups excluding carboxylic acids is 1. The Balaban J connectivity index is 1.18. The Bertz CT molecular complexity index is 992. The Hall–Kier alpha value is -2.54. The van der Waals surface area contributed by atoms with Crippen LogP contribution in [0.2, 0.25) is 0 Å². The first kappa shape index (κ1) is 21.3. The van der Waals surface area contributed by atoms with E-state index in [0.29, 0.717) is 36.6 Å². The number of carboxylic acid groups (broad SMARTS) is 1. The molecule has 7 nitrogen and oxygen atoms in total. The predicted molar refractivity (Wildman–Crippen MR) is 120 cm³/mol.